The van der Waals surface area contributed by atoms with Crippen molar-refractivity contribution in [3.63, 3.8) is 0 Å². The molecule has 4 heterocycles. The molecule has 2 aromatic heterocycles. The van der Waals surface area contributed by atoms with Gasteiger partial charge in [-0.2, -0.15) is 0 Å². The molecule has 2 nitrogen and oxygen atoms in total. The molecule has 290 valence electrons. The van der Waals surface area contributed by atoms with Gasteiger partial charge in [0.1, 0.15) is 0 Å². The number of thiophene rings is 2. The fourth-order valence-electron chi connectivity index (χ4n) is 11.4. The Bertz CT molecular complexity index is 3810. The molecule has 2 aliphatic rings. The normalized spacial score (nSPS) is 13.3. The van der Waals surface area contributed by atoms with Crippen LogP contribution >= 0.6 is 22.7 Å². The fraction of sp³-hybridized carbons (Fsp3) is 0. The maximum absolute atomic E-state index is 2.60. The van der Waals surface area contributed by atoms with Crippen LogP contribution < -0.4 is 24.8 Å². The van der Waals surface area contributed by atoms with Crippen molar-refractivity contribution in [1.29, 1.82) is 0 Å². The largest absolute Gasteiger partial charge is 0.310 e. The second-order valence-corrected chi connectivity index (χ2v) is 19.2. The van der Waals surface area contributed by atoms with Crippen molar-refractivity contribution in [3.8, 4) is 0 Å². The van der Waals surface area contributed by atoms with Crippen LogP contribution in [0.5, 0.6) is 0 Å². The third-order valence-electron chi connectivity index (χ3n) is 14.0. The smallest absolute Gasteiger partial charge is 0.277 e. The molecule has 13 aromatic rings. The highest BCUT2D eigenvalue weighted by atomic mass is 32.1. The summed E-state index contributed by atoms with van der Waals surface area (Å²) in [5.74, 6) is 0. The molecule has 0 amide bonds. The Morgan fingerprint density at radius 2 is 0.603 bits per heavy atom. The molecule has 0 unspecified atom stereocenters. The van der Waals surface area contributed by atoms with Gasteiger partial charge in [-0.1, -0.05) is 152 Å². The zero-order chi connectivity index (χ0) is 40.9. The second-order valence-electron chi connectivity index (χ2n) is 17.1. The van der Waals surface area contributed by atoms with E-state index in [1.54, 1.807) is 0 Å². The van der Waals surface area contributed by atoms with Crippen molar-refractivity contribution in [3.05, 3.63) is 200 Å². The number of hydrogen-bond donors (Lipinski definition) is 0. The lowest BCUT2D eigenvalue weighted by molar-refractivity contribution is 1.28. The van der Waals surface area contributed by atoms with E-state index < -0.39 is 0 Å². The van der Waals surface area contributed by atoms with Crippen LogP contribution in [0, 0.1) is 0 Å². The first-order valence-corrected chi connectivity index (χ1v) is 23.3. The summed E-state index contributed by atoms with van der Waals surface area (Å²) in [6.07, 6.45) is 0. The Balaban J connectivity index is 1.04. The minimum absolute atomic E-state index is 0.0824. The van der Waals surface area contributed by atoms with E-state index in [0.717, 1.165) is 0 Å². The Morgan fingerprint density at radius 3 is 0.984 bits per heavy atom. The second kappa shape index (κ2) is 12.6. The molecule has 0 saturated carbocycles. The quantitative estimate of drug-likeness (QED) is 0.126. The van der Waals surface area contributed by atoms with Gasteiger partial charge in [0.05, 0.1) is 11.4 Å². The van der Waals surface area contributed by atoms with E-state index in [1.807, 2.05) is 22.7 Å². The summed E-state index contributed by atoms with van der Waals surface area (Å²) < 4.78 is 5.45. The first-order chi connectivity index (χ1) is 31.3. The highest BCUT2D eigenvalue weighted by Crippen LogP contribution is 2.51. The van der Waals surface area contributed by atoms with Crippen LogP contribution in [-0.2, 0) is 0 Å². The van der Waals surface area contributed by atoms with E-state index in [9.17, 15) is 0 Å². The van der Waals surface area contributed by atoms with Gasteiger partial charge in [0.15, 0.2) is 0 Å². The fourth-order valence-corrected chi connectivity index (χ4v) is 14.1. The number of rotatable bonds is 2. The van der Waals surface area contributed by atoms with Crippen LogP contribution in [0.2, 0.25) is 0 Å². The highest BCUT2D eigenvalue weighted by Gasteiger charge is 2.46. The topological polar surface area (TPSA) is 6.48 Å². The molecule has 0 N–H and O–H groups in total. The monoisotopic (exact) mass is 832 g/mol. The van der Waals surface area contributed by atoms with Gasteiger partial charge < -0.3 is 9.80 Å². The molecule has 0 radical (unpaired) electrons. The summed E-state index contributed by atoms with van der Waals surface area (Å²) in [4.78, 5) is 5.20. The zero-order valence-corrected chi connectivity index (χ0v) is 35.5. The summed E-state index contributed by atoms with van der Waals surface area (Å²) in [7, 11) is 0. The average molecular weight is 833 g/mol. The van der Waals surface area contributed by atoms with E-state index in [2.05, 4.69) is 210 Å². The molecule has 0 aliphatic carbocycles. The molecule has 5 heteroatoms. The van der Waals surface area contributed by atoms with Gasteiger partial charge in [0.25, 0.3) is 6.71 Å². The lowest BCUT2D eigenvalue weighted by Gasteiger charge is -2.42. The van der Waals surface area contributed by atoms with Gasteiger partial charge in [-0.05, 0) is 119 Å². The summed E-state index contributed by atoms with van der Waals surface area (Å²) >= 11 is 3.93. The van der Waals surface area contributed by atoms with E-state index >= 15 is 0 Å². The lowest BCUT2D eigenvalue weighted by atomic mass is 9.39. The molecule has 0 fully saturated rings. The molecule has 0 bridgehead atoms. The molecule has 2 aliphatic heterocycles. The Labute approximate surface area is 371 Å². The number of fused-ring (bicyclic) bond motifs is 20. The first kappa shape index (κ1) is 34.2. The van der Waals surface area contributed by atoms with Crippen molar-refractivity contribution in [2.24, 2.45) is 0 Å². The minimum atomic E-state index is 0.0824. The Kier molecular flexibility index (Phi) is 6.83. The third kappa shape index (κ3) is 4.52. The SMILES string of the molecule is c1cc2c3c(c1)N(c1ccc4c5ccccc5c5ccccc5c4c1)c1c(sc4ccccc14)B3c1sc3ccccc3c1N2c1ccc2c3ccccc3c3ccccc3c2c1. The molecular formula is C58H33BN2S2. The number of nitrogens with zero attached hydrogens (tertiary/aromatic N) is 2. The maximum atomic E-state index is 2.60. The minimum Gasteiger partial charge on any atom is -0.310 e. The van der Waals surface area contributed by atoms with Crippen LogP contribution in [0.3, 0.4) is 0 Å². The van der Waals surface area contributed by atoms with Crippen LogP contribution in [-0.4, -0.2) is 6.71 Å². The molecule has 0 atom stereocenters. The van der Waals surface area contributed by atoms with Crippen molar-refractivity contribution in [1.82, 2.24) is 0 Å². The molecule has 11 aromatic carbocycles. The van der Waals surface area contributed by atoms with Crippen molar-refractivity contribution >= 4 is 163 Å². The Morgan fingerprint density at radius 1 is 0.286 bits per heavy atom. The standard InChI is InChI=1S/C58H33BN2S2/c1-3-18-40-36(14-1)38-16-5-7-20-42(38)48-32-34(28-30-44(40)48)60-50-24-13-25-51-54(50)59(57-55(60)46-22-9-11-26-52(46)62-57)58-56(47-23-10-12-27-53(47)63-58)61(51)35-29-31-45-41-19-4-2-15-37(41)39-17-6-8-21-43(39)49(45)33-35/h1-33H. The summed E-state index contributed by atoms with van der Waals surface area (Å²) in [6.45, 7) is 0.0824. The van der Waals surface area contributed by atoms with Crippen LogP contribution in [0.15, 0.2) is 200 Å². The van der Waals surface area contributed by atoms with Crippen molar-refractivity contribution < 1.29 is 0 Å². The van der Waals surface area contributed by atoms with E-state index in [4.69, 9.17) is 0 Å². The van der Waals surface area contributed by atoms with Gasteiger partial charge in [-0.15, -0.1) is 22.7 Å². The predicted molar refractivity (Wildman–Crippen MR) is 276 cm³/mol. The molecular weight excluding hydrogens is 800 g/mol. The Hall–Kier alpha value is -7.44. The summed E-state index contributed by atoms with van der Waals surface area (Å²) in [6, 6.07) is 75.2. The van der Waals surface area contributed by atoms with E-state index in [1.165, 1.54) is 134 Å². The van der Waals surface area contributed by atoms with Crippen molar-refractivity contribution in [2.45, 2.75) is 0 Å². The van der Waals surface area contributed by atoms with E-state index in [0.29, 0.717) is 0 Å². The van der Waals surface area contributed by atoms with Crippen LogP contribution in [0.1, 0.15) is 0 Å². The van der Waals surface area contributed by atoms with Crippen LogP contribution in [0.25, 0.3) is 84.8 Å². The maximum Gasteiger partial charge on any atom is 0.277 e. The molecule has 0 saturated heterocycles. The van der Waals surface area contributed by atoms with Crippen molar-refractivity contribution in [2.75, 3.05) is 9.80 Å². The first-order valence-electron chi connectivity index (χ1n) is 21.7. The number of benzene rings is 11. The summed E-state index contributed by atoms with van der Waals surface area (Å²) in [5, 5.41) is 18.1. The predicted octanol–water partition coefficient (Wildman–Crippen LogP) is 15.1. The molecule has 0 spiro atoms. The molecule has 15 rings (SSSR count). The summed E-state index contributed by atoms with van der Waals surface area (Å²) in [5.41, 5.74) is 8.80. The average Bonchev–Trinajstić information content (AvgIpc) is 3.93. The zero-order valence-electron chi connectivity index (χ0n) is 33.8. The van der Waals surface area contributed by atoms with Gasteiger partial charge >= 0.3 is 0 Å². The van der Waals surface area contributed by atoms with Crippen LogP contribution in [0.4, 0.5) is 34.1 Å². The van der Waals surface area contributed by atoms with Gasteiger partial charge in [-0.25, -0.2) is 0 Å². The lowest BCUT2D eigenvalue weighted by Crippen LogP contribution is -2.59. The van der Waals surface area contributed by atoms with Gasteiger partial charge in [0, 0.05) is 52.5 Å². The van der Waals surface area contributed by atoms with Gasteiger partial charge in [-0.3, -0.25) is 0 Å². The van der Waals surface area contributed by atoms with E-state index in [-0.39, 0.29) is 6.71 Å². The third-order valence-corrected chi connectivity index (χ3v) is 16.4. The molecule has 63 heavy (non-hydrogen) atoms. The number of anilines is 6. The number of hydrogen-bond acceptors (Lipinski definition) is 4. The van der Waals surface area contributed by atoms with Gasteiger partial charge in [0.2, 0.25) is 0 Å². The highest BCUT2D eigenvalue weighted by molar-refractivity contribution is 7.40.